The van der Waals surface area contributed by atoms with Gasteiger partial charge in [-0.15, -0.1) is 5.10 Å². The number of imidazole rings is 1. The van der Waals surface area contributed by atoms with Crippen LogP contribution < -0.4 is 10.2 Å². The third-order valence-electron chi connectivity index (χ3n) is 3.94. The molecule has 1 atom stereocenters. The maximum atomic E-state index is 13.4. The van der Waals surface area contributed by atoms with Gasteiger partial charge in [0.05, 0.1) is 12.7 Å². The van der Waals surface area contributed by atoms with Crippen LogP contribution in [0.15, 0.2) is 42.7 Å². The highest BCUT2D eigenvalue weighted by atomic mass is 19.1. The number of alkyl halides is 1. The van der Waals surface area contributed by atoms with E-state index in [1.807, 2.05) is 11.0 Å². The van der Waals surface area contributed by atoms with Crippen LogP contribution >= 0.6 is 0 Å². The Kier molecular flexibility index (Phi) is 3.56. The van der Waals surface area contributed by atoms with Gasteiger partial charge >= 0.3 is 0 Å². The summed E-state index contributed by atoms with van der Waals surface area (Å²) in [5, 5.41) is 7.23. The molecule has 24 heavy (non-hydrogen) atoms. The van der Waals surface area contributed by atoms with Crippen LogP contribution in [0.4, 0.5) is 16.0 Å². The summed E-state index contributed by atoms with van der Waals surface area (Å²) in [4.78, 5) is 22.4. The van der Waals surface area contributed by atoms with Crippen molar-refractivity contribution < 1.29 is 9.18 Å². The van der Waals surface area contributed by atoms with E-state index in [1.54, 1.807) is 35.0 Å². The van der Waals surface area contributed by atoms with Crippen molar-refractivity contribution in [2.45, 2.75) is 12.6 Å². The average Bonchev–Trinajstić information content (AvgIpc) is 3.22. The van der Waals surface area contributed by atoms with Crippen molar-refractivity contribution in [3.63, 3.8) is 0 Å². The molecule has 3 aromatic heterocycles. The molecule has 0 saturated carbocycles. The van der Waals surface area contributed by atoms with Crippen LogP contribution in [0.25, 0.3) is 5.65 Å². The monoisotopic (exact) mass is 326 g/mol. The lowest BCUT2D eigenvalue weighted by Gasteiger charge is -2.16. The van der Waals surface area contributed by atoms with Gasteiger partial charge in [-0.3, -0.25) is 9.78 Å². The van der Waals surface area contributed by atoms with Gasteiger partial charge in [0.2, 0.25) is 0 Å². The Morgan fingerprint density at radius 2 is 2.17 bits per heavy atom. The predicted octanol–water partition coefficient (Wildman–Crippen LogP) is 1.92. The van der Waals surface area contributed by atoms with Gasteiger partial charge < -0.3 is 10.2 Å². The fraction of sp³-hybridized carbons (Fsp3) is 0.250. The van der Waals surface area contributed by atoms with Gasteiger partial charge in [0.1, 0.15) is 17.7 Å². The first kappa shape index (κ1) is 14.6. The molecule has 0 aliphatic carbocycles. The van der Waals surface area contributed by atoms with E-state index >= 15 is 0 Å². The number of carbonyl (C=O) groups excluding carboxylic acids is 1. The Labute approximate surface area is 137 Å². The number of nitrogens with one attached hydrogen (secondary N) is 1. The zero-order valence-electron chi connectivity index (χ0n) is 12.8. The lowest BCUT2D eigenvalue weighted by molar-refractivity contribution is 0.102. The van der Waals surface area contributed by atoms with E-state index in [2.05, 4.69) is 20.4 Å². The van der Waals surface area contributed by atoms with Gasteiger partial charge in [-0.1, -0.05) is 6.07 Å². The summed E-state index contributed by atoms with van der Waals surface area (Å²) in [6.45, 7) is 0.965. The number of carbonyl (C=O) groups is 1. The predicted molar refractivity (Wildman–Crippen MR) is 86.9 cm³/mol. The molecule has 8 heteroatoms. The summed E-state index contributed by atoms with van der Waals surface area (Å²) in [6.07, 6.45) is 2.77. The number of anilines is 2. The third kappa shape index (κ3) is 2.66. The van der Waals surface area contributed by atoms with E-state index in [-0.39, 0.29) is 5.91 Å². The minimum absolute atomic E-state index is 0.309. The molecule has 1 saturated heterocycles. The SMILES string of the molecule is O=C(Nc1cnc2ccc(N3CCC(F)C3)nn12)c1ccccn1. The molecule has 3 aromatic rings. The summed E-state index contributed by atoms with van der Waals surface area (Å²) in [5.41, 5.74) is 0.912. The van der Waals surface area contributed by atoms with Gasteiger partial charge in [-0.2, -0.15) is 4.52 Å². The second kappa shape index (κ2) is 5.88. The first-order valence-corrected chi connectivity index (χ1v) is 7.67. The highest BCUT2D eigenvalue weighted by Gasteiger charge is 2.23. The molecule has 4 rings (SSSR count). The van der Waals surface area contributed by atoms with Crippen molar-refractivity contribution in [3.8, 4) is 0 Å². The lowest BCUT2D eigenvalue weighted by Crippen LogP contribution is -2.22. The second-order valence-electron chi connectivity index (χ2n) is 5.61. The number of halogens is 1. The smallest absolute Gasteiger partial charge is 0.275 e. The van der Waals surface area contributed by atoms with Crippen LogP contribution in [0, 0.1) is 0 Å². The van der Waals surface area contributed by atoms with E-state index in [9.17, 15) is 9.18 Å². The largest absolute Gasteiger partial charge is 0.352 e. The van der Waals surface area contributed by atoms with Crippen LogP contribution in [0.2, 0.25) is 0 Å². The molecule has 1 fully saturated rings. The summed E-state index contributed by atoms with van der Waals surface area (Å²) < 4.78 is 14.9. The average molecular weight is 326 g/mol. The summed E-state index contributed by atoms with van der Waals surface area (Å²) in [6, 6.07) is 8.72. The van der Waals surface area contributed by atoms with Crippen LogP contribution in [0.5, 0.6) is 0 Å². The first-order valence-electron chi connectivity index (χ1n) is 7.67. The van der Waals surface area contributed by atoms with Crippen molar-refractivity contribution in [3.05, 3.63) is 48.4 Å². The van der Waals surface area contributed by atoms with Crippen molar-refractivity contribution in [1.29, 1.82) is 0 Å². The van der Waals surface area contributed by atoms with Crippen molar-refractivity contribution >= 4 is 23.2 Å². The Morgan fingerprint density at radius 3 is 2.92 bits per heavy atom. The van der Waals surface area contributed by atoms with Gasteiger partial charge in [-0.25, -0.2) is 9.37 Å². The maximum absolute atomic E-state index is 13.4. The standard InChI is InChI=1S/C16H15FN6O/c17-11-6-8-22(10-11)14-5-4-13-19-9-15(23(13)21-14)20-16(24)12-3-1-2-7-18-12/h1-5,7,9,11H,6,8,10H2,(H,20,24). The molecule has 0 bridgehead atoms. The number of pyridine rings is 1. The number of rotatable bonds is 3. The van der Waals surface area contributed by atoms with Crippen LogP contribution in [0.1, 0.15) is 16.9 Å². The highest BCUT2D eigenvalue weighted by Crippen LogP contribution is 2.21. The number of fused-ring (bicyclic) bond motifs is 1. The molecule has 1 aliphatic rings. The molecule has 122 valence electrons. The fourth-order valence-corrected chi connectivity index (χ4v) is 2.72. The molecular formula is C16H15FN6O. The minimum Gasteiger partial charge on any atom is -0.352 e. The van der Waals surface area contributed by atoms with Crippen molar-refractivity contribution in [2.75, 3.05) is 23.3 Å². The quantitative estimate of drug-likeness (QED) is 0.796. The Morgan fingerprint density at radius 1 is 1.25 bits per heavy atom. The molecule has 1 N–H and O–H groups in total. The topological polar surface area (TPSA) is 75.4 Å². The lowest BCUT2D eigenvalue weighted by atomic mass is 10.3. The Balaban J connectivity index is 1.62. The number of amides is 1. The Hall–Kier alpha value is -3.03. The first-order chi connectivity index (χ1) is 11.7. The van der Waals surface area contributed by atoms with E-state index in [0.29, 0.717) is 42.5 Å². The number of nitrogens with zero attached hydrogens (tertiary/aromatic N) is 5. The number of hydrogen-bond donors (Lipinski definition) is 1. The Bertz CT molecular complexity index is 881. The minimum atomic E-state index is -0.825. The molecule has 1 unspecified atom stereocenters. The van der Waals surface area contributed by atoms with Crippen molar-refractivity contribution in [2.24, 2.45) is 0 Å². The van der Waals surface area contributed by atoms with Gasteiger partial charge in [0, 0.05) is 12.7 Å². The van der Waals surface area contributed by atoms with E-state index in [4.69, 9.17) is 0 Å². The highest BCUT2D eigenvalue weighted by molar-refractivity contribution is 6.02. The zero-order chi connectivity index (χ0) is 16.5. The second-order valence-corrected chi connectivity index (χ2v) is 5.61. The molecule has 7 nitrogen and oxygen atoms in total. The summed E-state index contributed by atoms with van der Waals surface area (Å²) in [5.74, 6) is 0.766. The molecular weight excluding hydrogens is 311 g/mol. The van der Waals surface area contributed by atoms with Gasteiger partial charge in [-0.05, 0) is 30.7 Å². The third-order valence-corrected chi connectivity index (χ3v) is 3.94. The summed E-state index contributed by atoms with van der Waals surface area (Å²) in [7, 11) is 0. The zero-order valence-corrected chi connectivity index (χ0v) is 12.8. The molecule has 4 heterocycles. The van der Waals surface area contributed by atoms with E-state index in [1.165, 1.54) is 6.20 Å². The van der Waals surface area contributed by atoms with Gasteiger partial charge in [0.15, 0.2) is 11.5 Å². The van der Waals surface area contributed by atoms with Crippen molar-refractivity contribution in [1.82, 2.24) is 19.6 Å². The summed E-state index contributed by atoms with van der Waals surface area (Å²) >= 11 is 0. The van der Waals surface area contributed by atoms with E-state index < -0.39 is 6.17 Å². The van der Waals surface area contributed by atoms with Crippen LogP contribution in [-0.4, -0.2) is 44.8 Å². The van der Waals surface area contributed by atoms with Crippen LogP contribution in [-0.2, 0) is 0 Å². The number of aromatic nitrogens is 4. The molecule has 0 aromatic carbocycles. The molecule has 0 radical (unpaired) electrons. The molecule has 0 spiro atoms. The van der Waals surface area contributed by atoms with E-state index in [0.717, 1.165) is 0 Å². The normalized spacial score (nSPS) is 17.4. The molecule has 1 amide bonds. The molecule has 1 aliphatic heterocycles. The number of hydrogen-bond acceptors (Lipinski definition) is 5. The maximum Gasteiger partial charge on any atom is 0.275 e. The van der Waals surface area contributed by atoms with Crippen LogP contribution in [0.3, 0.4) is 0 Å². The van der Waals surface area contributed by atoms with Gasteiger partial charge in [0.25, 0.3) is 5.91 Å². The fourth-order valence-electron chi connectivity index (χ4n) is 2.72.